The number of hydrogen-bond donors (Lipinski definition) is 1. The predicted octanol–water partition coefficient (Wildman–Crippen LogP) is 4.53. The molecule has 2 atom stereocenters. The Morgan fingerprint density at radius 3 is 2.67 bits per heavy atom. The number of hydrogen-bond acceptors (Lipinski definition) is 5. The molecule has 30 heavy (non-hydrogen) atoms. The van der Waals surface area contributed by atoms with E-state index in [4.69, 9.17) is 11.6 Å². The first-order valence-corrected chi connectivity index (χ1v) is 10.9. The van der Waals surface area contributed by atoms with Gasteiger partial charge in [-0.1, -0.05) is 60.2 Å². The Labute approximate surface area is 183 Å². The Bertz CT molecular complexity index is 1040. The van der Waals surface area contributed by atoms with Gasteiger partial charge in [0.05, 0.1) is 5.92 Å². The number of benzene rings is 2. The topological polar surface area (TPSA) is 75.2 Å². The maximum absolute atomic E-state index is 12.7. The molecule has 1 saturated heterocycles. The summed E-state index contributed by atoms with van der Waals surface area (Å²) in [6, 6.07) is 17.3. The van der Waals surface area contributed by atoms with E-state index in [1.54, 1.807) is 29.2 Å². The van der Waals surface area contributed by atoms with Gasteiger partial charge in [-0.2, -0.15) is 0 Å². The van der Waals surface area contributed by atoms with E-state index in [1.807, 2.05) is 18.2 Å². The standard InChI is InChI=1S/C22H21ClN4O2S/c1-14(15-5-3-2-4-6-15)11-19-25-26-22(30-19)24-21(29)16-12-20(28)27(13-16)18-9-7-17(23)8-10-18/h2-10,14,16H,11-13H2,1H3,(H,24,26,29). The maximum Gasteiger partial charge on any atom is 0.231 e. The molecule has 8 heteroatoms. The summed E-state index contributed by atoms with van der Waals surface area (Å²) in [5.41, 5.74) is 1.98. The molecule has 4 rings (SSSR count). The molecule has 0 saturated carbocycles. The van der Waals surface area contributed by atoms with E-state index in [2.05, 4.69) is 34.6 Å². The molecular formula is C22H21ClN4O2S. The average Bonchev–Trinajstić information content (AvgIpc) is 3.35. The number of nitrogens with zero attached hydrogens (tertiary/aromatic N) is 3. The van der Waals surface area contributed by atoms with Crippen LogP contribution in [0.15, 0.2) is 54.6 Å². The highest BCUT2D eigenvalue weighted by molar-refractivity contribution is 7.15. The van der Waals surface area contributed by atoms with E-state index in [0.29, 0.717) is 22.6 Å². The summed E-state index contributed by atoms with van der Waals surface area (Å²) < 4.78 is 0. The lowest BCUT2D eigenvalue weighted by Gasteiger charge is -2.16. The second kappa shape index (κ2) is 8.93. The van der Waals surface area contributed by atoms with Crippen molar-refractivity contribution in [3.63, 3.8) is 0 Å². The summed E-state index contributed by atoms with van der Waals surface area (Å²) in [6.07, 6.45) is 0.926. The van der Waals surface area contributed by atoms with Crippen LogP contribution in [0.25, 0.3) is 0 Å². The number of amides is 2. The van der Waals surface area contributed by atoms with Crippen molar-refractivity contribution in [1.82, 2.24) is 10.2 Å². The van der Waals surface area contributed by atoms with E-state index < -0.39 is 5.92 Å². The van der Waals surface area contributed by atoms with Gasteiger partial charge in [0.15, 0.2) is 0 Å². The minimum atomic E-state index is -0.427. The maximum atomic E-state index is 12.7. The van der Waals surface area contributed by atoms with Gasteiger partial charge in [0.25, 0.3) is 0 Å². The van der Waals surface area contributed by atoms with E-state index >= 15 is 0 Å². The summed E-state index contributed by atoms with van der Waals surface area (Å²) in [5, 5.41) is 13.1. The lowest BCUT2D eigenvalue weighted by Crippen LogP contribution is -2.28. The zero-order valence-corrected chi connectivity index (χ0v) is 18.0. The number of aromatic nitrogens is 2. The highest BCUT2D eigenvalue weighted by Crippen LogP contribution is 2.28. The molecule has 6 nitrogen and oxygen atoms in total. The van der Waals surface area contributed by atoms with Gasteiger partial charge in [-0.15, -0.1) is 10.2 Å². The Kier molecular flexibility index (Phi) is 6.11. The Hall–Kier alpha value is -2.77. The second-order valence-electron chi connectivity index (χ2n) is 7.39. The normalized spacial score (nSPS) is 17.2. The number of rotatable bonds is 6. The Morgan fingerprint density at radius 2 is 1.93 bits per heavy atom. The SMILES string of the molecule is CC(Cc1nnc(NC(=O)C2CC(=O)N(c3ccc(Cl)cc3)C2)s1)c1ccccc1. The highest BCUT2D eigenvalue weighted by atomic mass is 35.5. The minimum Gasteiger partial charge on any atom is -0.312 e. The number of nitrogens with one attached hydrogen (secondary N) is 1. The molecule has 2 heterocycles. The van der Waals surface area contributed by atoms with Crippen molar-refractivity contribution in [3.8, 4) is 0 Å². The molecule has 3 aromatic rings. The van der Waals surface area contributed by atoms with Crippen LogP contribution >= 0.6 is 22.9 Å². The zero-order valence-electron chi connectivity index (χ0n) is 16.4. The van der Waals surface area contributed by atoms with Crippen molar-refractivity contribution >= 4 is 45.6 Å². The molecule has 0 aliphatic carbocycles. The van der Waals surface area contributed by atoms with Crippen molar-refractivity contribution in [2.75, 3.05) is 16.8 Å². The third-order valence-electron chi connectivity index (χ3n) is 5.18. The third kappa shape index (κ3) is 4.68. The summed E-state index contributed by atoms with van der Waals surface area (Å²) in [4.78, 5) is 26.7. The van der Waals surface area contributed by atoms with Gasteiger partial charge in [0.1, 0.15) is 5.01 Å². The third-order valence-corrected chi connectivity index (χ3v) is 6.29. The molecule has 2 aromatic carbocycles. The van der Waals surface area contributed by atoms with Crippen molar-refractivity contribution < 1.29 is 9.59 Å². The monoisotopic (exact) mass is 440 g/mol. The van der Waals surface area contributed by atoms with Crippen LogP contribution in [0.4, 0.5) is 10.8 Å². The molecule has 1 fully saturated rings. The van der Waals surface area contributed by atoms with E-state index in [1.165, 1.54) is 16.9 Å². The highest BCUT2D eigenvalue weighted by Gasteiger charge is 2.35. The first-order valence-electron chi connectivity index (χ1n) is 9.73. The summed E-state index contributed by atoms with van der Waals surface area (Å²) in [6.45, 7) is 2.48. The molecule has 1 aliphatic rings. The number of anilines is 2. The van der Waals surface area contributed by atoms with E-state index in [-0.39, 0.29) is 18.2 Å². The second-order valence-corrected chi connectivity index (χ2v) is 8.89. The quantitative estimate of drug-likeness (QED) is 0.611. The predicted molar refractivity (Wildman–Crippen MR) is 119 cm³/mol. The molecule has 0 bridgehead atoms. The van der Waals surface area contributed by atoms with Crippen LogP contribution in [0.3, 0.4) is 0 Å². The molecular weight excluding hydrogens is 420 g/mol. The van der Waals surface area contributed by atoms with E-state index in [9.17, 15) is 9.59 Å². The average molecular weight is 441 g/mol. The fourth-order valence-electron chi connectivity index (χ4n) is 3.51. The van der Waals surface area contributed by atoms with Crippen molar-refractivity contribution in [2.24, 2.45) is 5.92 Å². The van der Waals surface area contributed by atoms with Gasteiger partial charge >= 0.3 is 0 Å². The molecule has 2 amide bonds. The fraction of sp³-hybridized carbons (Fsp3) is 0.273. The van der Waals surface area contributed by atoms with E-state index in [0.717, 1.165) is 17.1 Å². The number of halogens is 1. The molecule has 1 aliphatic heterocycles. The number of carbonyl (C=O) groups excluding carboxylic acids is 2. The Balaban J connectivity index is 1.35. The largest absolute Gasteiger partial charge is 0.312 e. The first kappa shape index (κ1) is 20.5. The molecule has 0 spiro atoms. The van der Waals surface area contributed by atoms with Crippen LogP contribution in [0.2, 0.25) is 5.02 Å². The van der Waals surface area contributed by atoms with Crippen molar-refractivity contribution in [1.29, 1.82) is 0 Å². The smallest absolute Gasteiger partial charge is 0.231 e. The van der Waals surface area contributed by atoms with Crippen LogP contribution in [-0.2, 0) is 16.0 Å². The fourth-order valence-corrected chi connectivity index (χ4v) is 4.51. The van der Waals surface area contributed by atoms with Crippen LogP contribution in [0.5, 0.6) is 0 Å². The zero-order chi connectivity index (χ0) is 21.1. The van der Waals surface area contributed by atoms with Gasteiger partial charge in [0.2, 0.25) is 16.9 Å². The lowest BCUT2D eigenvalue weighted by molar-refractivity contribution is -0.122. The van der Waals surface area contributed by atoms with Gasteiger partial charge in [0, 0.05) is 30.1 Å². The number of carbonyl (C=O) groups is 2. The van der Waals surface area contributed by atoms with Gasteiger partial charge < -0.3 is 10.2 Å². The van der Waals surface area contributed by atoms with Gasteiger partial charge in [-0.05, 0) is 35.7 Å². The molecule has 1 N–H and O–H groups in total. The summed E-state index contributed by atoms with van der Waals surface area (Å²) >= 11 is 7.29. The lowest BCUT2D eigenvalue weighted by atomic mass is 9.98. The minimum absolute atomic E-state index is 0.0767. The molecule has 0 radical (unpaired) electrons. The Morgan fingerprint density at radius 1 is 1.20 bits per heavy atom. The molecule has 2 unspecified atom stereocenters. The first-order chi connectivity index (χ1) is 14.5. The van der Waals surface area contributed by atoms with Crippen molar-refractivity contribution in [2.45, 2.75) is 25.7 Å². The van der Waals surface area contributed by atoms with Crippen molar-refractivity contribution in [3.05, 3.63) is 70.2 Å². The van der Waals surface area contributed by atoms with Gasteiger partial charge in [-0.25, -0.2) is 0 Å². The van der Waals surface area contributed by atoms with Crippen LogP contribution < -0.4 is 10.2 Å². The summed E-state index contributed by atoms with van der Waals surface area (Å²) in [7, 11) is 0. The van der Waals surface area contributed by atoms with Crippen LogP contribution in [0.1, 0.15) is 29.8 Å². The summed E-state index contributed by atoms with van der Waals surface area (Å²) in [5.74, 6) is -0.405. The van der Waals surface area contributed by atoms with Crippen LogP contribution in [0, 0.1) is 5.92 Å². The molecule has 1 aromatic heterocycles. The van der Waals surface area contributed by atoms with Crippen LogP contribution in [-0.4, -0.2) is 28.6 Å². The molecule has 154 valence electrons. The van der Waals surface area contributed by atoms with Gasteiger partial charge in [-0.3, -0.25) is 9.59 Å².